The molecule has 8 heteroatoms. The summed E-state index contributed by atoms with van der Waals surface area (Å²) in [6.07, 6.45) is 0. The molecule has 0 fully saturated rings. The average molecular weight is 322 g/mol. The van der Waals surface area contributed by atoms with E-state index < -0.39 is 17.4 Å². The van der Waals surface area contributed by atoms with Crippen LogP contribution in [0.15, 0.2) is 42.5 Å². The van der Waals surface area contributed by atoms with Crippen molar-refractivity contribution in [3.05, 3.63) is 63.7 Å². The van der Waals surface area contributed by atoms with Crippen LogP contribution in [0.4, 0.5) is 20.2 Å². The van der Waals surface area contributed by atoms with Crippen LogP contribution in [0.2, 0.25) is 0 Å². The zero-order valence-corrected chi connectivity index (χ0v) is 12.0. The number of rotatable bonds is 5. The molecule has 0 unspecified atom stereocenters. The minimum absolute atomic E-state index is 0.0666. The minimum atomic E-state index is -2.94. The van der Waals surface area contributed by atoms with Gasteiger partial charge in [0.25, 0.3) is 11.6 Å². The minimum Gasteiger partial charge on any atom is -0.435 e. The molecule has 0 spiro atoms. The third-order valence-corrected chi connectivity index (χ3v) is 3.02. The summed E-state index contributed by atoms with van der Waals surface area (Å²) < 4.78 is 28.3. The smallest absolute Gasteiger partial charge is 0.387 e. The molecule has 23 heavy (non-hydrogen) atoms. The molecule has 2 aromatic carbocycles. The Labute approximate surface area is 129 Å². The first-order valence-corrected chi connectivity index (χ1v) is 6.48. The van der Waals surface area contributed by atoms with Gasteiger partial charge in [-0.1, -0.05) is 6.07 Å². The molecule has 0 saturated heterocycles. The predicted molar refractivity (Wildman–Crippen MR) is 78.9 cm³/mol. The number of halogens is 2. The quantitative estimate of drug-likeness (QED) is 0.671. The number of nitrogens with zero attached hydrogens (tertiary/aromatic N) is 1. The van der Waals surface area contributed by atoms with E-state index in [4.69, 9.17) is 0 Å². The first kappa shape index (κ1) is 16.3. The van der Waals surface area contributed by atoms with Crippen molar-refractivity contribution in [2.75, 3.05) is 5.32 Å². The van der Waals surface area contributed by atoms with Crippen LogP contribution in [0.3, 0.4) is 0 Å². The maximum absolute atomic E-state index is 12.1. The zero-order valence-electron chi connectivity index (χ0n) is 12.0. The van der Waals surface area contributed by atoms with Gasteiger partial charge in [-0.05, 0) is 36.8 Å². The van der Waals surface area contributed by atoms with E-state index in [0.717, 1.165) is 0 Å². The molecule has 0 aliphatic rings. The normalized spacial score (nSPS) is 10.4. The van der Waals surface area contributed by atoms with Crippen molar-refractivity contribution < 1.29 is 23.2 Å². The molecule has 0 aliphatic heterocycles. The number of benzene rings is 2. The van der Waals surface area contributed by atoms with Gasteiger partial charge in [0.15, 0.2) is 0 Å². The molecule has 1 amide bonds. The SMILES string of the molecule is Cc1ccc([N+](=O)[O-])cc1NC(=O)c1ccc(OC(F)F)cc1. The number of nitro groups is 1. The predicted octanol–water partition coefficient (Wildman–Crippen LogP) is 3.76. The Hall–Kier alpha value is -3.03. The summed E-state index contributed by atoms with van der Waals surface area (Å²) in [7, 11) is 0. The molecule has 1 N–H and O–H groups in total. The molecule has 0 bridgehead atoms. The first-order chi connectivity index (χ1) is 10.9. The Morgan fingerprint density at radius 2 is 1.87 bits per heavy atom. The Morgan fingerprint density at radius 3 is 2.43 bits per heavy atom. The Kier molecular flexibility index (Phi) is 4.85. The van der Waals surface area contributed by atoms with Gasteiger partial charge in [-0.3, -0.25) is 14.9 Å². The highest BCUT2D eigenvalue weighted by molar-refractivity contribution is 6.04. The molecule has 0 aliphatic carbocycles. The van der Waals surface area contributed by atoms with Crippen LogP contribution in [-0.2, 0) is 0 Å². The standard InChI is InChI=1S/C15H12F2N2O4/c1-9-2-5-11(19(21)22)8-13(9)18-14(20)10-3-6-12(7-4-10)23-15(16)17/h2-8,15H,1H3,(H,18,20). The van der Waals surface area contributed by atoms with Gasteiger partial charge in [0, 0.05) is 17.7 Å². The summed E-state index contributed by atoms with van der Waals surface area (Å²) in [6, 6.07) is 9.22. The summed E-state index contributed by atoms with van der Waals surface area (Å²) in [5.41, 5.74) is 1.02. The maximum atomic E-state index is 12.1. The Morgan fingerprint density at radius 1 is 1.22 bits per heavy atom. The van der Waals surface area contributed by atoms with Gasteiger partial charge in [0.2, 0.25) is 0 Å². The number of carbonyl (C=O) groups is 1. The number of nitrogens with one attached hydrogen (secondary N) is 1. The maximum Gasteiger partial charge on any atom is 0.387 e. The molecule has 0 atom stereocenters. The second-order valence-corrected chi connectivity index (χ2v) is 4.61. The van der Waals surface area contributed by atoms with Crippen LogP contribution in [0.25, 0.3) is 0 Å². The number of anilines is 1. The van der Waals surface area contributed by atoms with E-state index >= 15 is 0 Å². The topological polar surface area (TPSA) is 81.5 Å². The van der Waals surface area contributed by atoms with Gasteiger partial charge in [0.05, 0.1) is 10.6 Å². The van der Waals surface area contributed by atoms with E-state index in [1.54, 1.807) is 6.92 Å². The lowest BCUT2D eigenvalue weighted by Crippen LogP contribution is -2.13. The number of non-ortho nitro benzene ring substituents is 1. The van der Waals surface area contributed by atoms with Crippen LogP contribution in [-0.4, -0.2) is 17.4 Å². The van der Waals surface area contributed by atoms with Gasteiger partial charge >= 0.3 is 6.61 Å². The van der Waals surface area contributed by atoms with Crippen molar-refractivity contribution in [2.24, 2.45) is 0 Å². The van der Waals surface area contributed by atoms with Gasteiger partial charge in [-0.15, -0.1) is 0 Å². The number of nitro benzene ring substituents is 1. The largest absolute Gasteiger partial charge is 0.435 e. The molecular weight excluding hydrogens is 310 g/mol. The number of amides is 1. The Bertz CT molecular complexity index is 733. The number of hydrogen-bond donors (Lipinski definition) is 1. The number of aryl methyl sites for hydroxylation is 1. The van der Waals surface area contributed by atoms with Crippen molar-refractivity contribution >= 4 is 17.3 Å². The molecule has 0 heterocycles. The third-order valence-electron chi connectivity index (χ3n) is 3.02. The van der Waals surface area contributed by atoms with Crippen LogP contribution in [0, 0.1) is 17.0 Å². The monoisotopic (exact) mass is 322 g/mol. The van der Waals surface area contributed by atoms with Gasteiger partial charge in [0.1, 0.15) is 5.75 Å². The lowest BCUT2D eigenvalue weighted by molar-refractivity contribution is -0.384. The second-order valence-electron chi connectivity index (χ2n) is 4.61. The van der Waals surface area contributed by atoms with Crippen molar-refractivity contribution in [1.82, 2.24) is 0 Å². The van der Waals surface area contributed by atoms with E-state index in [0.29, 0.717) is 11.3 Å². The van der Waals surface area contributed by atoms with Crippen molar-refractivity contribution in [1.29, 1.82) is 0 Å². The van der Waals surface area contributed by atoms with Crippen LogP contribution in [0.5, 0.6) is 5.75 Å². The lowest BCUT2D eigenvalue weighted by atomic mass is 10.1. The summed E-state index contributed by atoms with van der Waals surface area (Å²) in [4.78, 5) is 22.3. The number of alkyl halides is 2. The molecule has 0 saturated carbocycles. The third kappa shape index (κ3) is 4.22. The summed E-state index contributed by atoms with van der Waals surface area (Å²) in [6.45, 7) is -1.25. The molecule has 2 aromatic rings. The highest BCUT2D eigenvalue weighted by atomic mass is 19.3. The fourth-order valence-corrected chi connectivity index (χ4v) is 1.84. The van der Waals surface area contributed by atoms with Crippen molar-refractivity contribution in [3.8, 4) is 5.75 Å². The average Bonchev–Trinajstić information content (AvgIpc) is 2.49. The summed E-state index contributed by atoms with van der Waals surface area (Å²) >= 11 is 0. The first-order valence-electron chi connectivity index (χ1n) is 6.48. The molecule has 0 radical (unpaired) electrons. The van der Waals surface area contributed by atoms with Crippen LogP contribution >= 0.6 is 0 Å². The number of ether oxygens (including phenoxy) is 1. The Balaban J connectivity index is 2.15. The zero-order chi connectivity index (χ0) is 17.0. The van der Waals surface area contributed by atoms with E-state index in [-0.39, 0.29) is 17.0 Å². The fraction of sp³-hybridized carbons (Fsp3) is 0.133. The van der Waals surface area contributed by atoms with E-state index in [1.807, 2.05) is 0 Å². The van der Waals surface area contributed by atoms with E-state index in [9.17, 15) is 23.7 Å². The van der Waals surface area contributed by atoms with Crippen molar-refractivity contribution in [3.63, 3.8) is 0 Å². The highest BCUT2D eigenvalue weighted by Gasteiger charge is 2.13. The van der Waals surface area contributed by atoms with Crippen molar-refractivity contribution in [2.45, 2.75) is 13.5 Å². The molecular formula is C15H12F2N2O4. The van der Waals surface area contributed by atoms with Crippen LogP contribution < -0.4 is 10.1 Å². The molecule has 120 valence electrons. The molecule has 2 rings (SSSR count). The van der Waals surface area contributed by atoms with Gasteiger partial charge < -0.3 is 10.1 Å². The second kappa shape index (κ2) is 6.82. The summed E-state index contributed by atoms with van der Waals surface area (Å²) in [5.74, 6) is -0.583. The number of hydrogen-bond acceptors (Lipinski definition) is 4. The van der Waals surface area contributed by atoms with Gasteiger partial charge in [-0.2, -0.15) is 8.78 Å². The molecule has 6 nitrogen and oxygen atoms in total. The lowest BCUT2D eigenvalue weighted by Gasteiger charge is -2.09. The van der Waals surface area contributed by atoms with Gasteiger partial charge in [-0.25, -0.2) is 0 Å². The van der Waals surface area contributed by atoms with E-state index in [1.165, 1.54) is 42.5 Å². The molecule has 0 aromatic heterocycles. The van der Waals surface area contributed by atoms with E-state index in [2.05, 4.69) is 10.1 Å². The number of carbonyl (C=O) groups excluding carboxylic acids is 1. The summed E-state index contributed by atoms with van der Waals surface area (Å²) in [5, 5.41) is 13.3. The van der Waals surface area contributed by atoms with Crippen LogP contribution in [0.1, 0.15) is 15.9 Å². The highest BCUT2D eigenvalue weighted by Crippen LogP contribution is 2.23. The fourth-order valence-electron chi connectivity index (χ4n) is 1.84.